The van der Waals surface area contributed by atoms with Gasteiger partial charge in [0, 0.05) is 51.5 Å². The second-order valence-corrected chi connectivity index (χ2v) is 12.3. The molecule has 0 radical (unpaired) electrons. The lowest BCUT2D eigenvalue weighted by Gasteiger charge is -2.42. The summed E-state index contributed by atoms with van der Waals surface area (Å²) >= 11 is 0. The summed E-state index contributed by atoms with van der Waals surface area (Å²) < 4.78 is 55.8. The number of rotatable bonds is 10. The fraction of sp³-hybridized carbons (Fsp3) is 0.750. The van der Waals surface area contributed by atoms with Gasteiger partial charge in [0.2, 0.25) is 0 Å². The summed E-state index contributed by atoms with van der Waals surface area (Å²) in [6.45, 7) is 10.6. The van der Waals surface area contributed by atoms with Gasteiger partial charge in [-0.15, -0.1) is 0 Å². The smallest absolute Gasteiger partial charge is 0.410 e. The van der Waals surface area contributed by atoms with Crippen LogP contribution in [0, 0.1) is 5.92 Å². The Kier molecular flexibility index (Phi) is 12.0. The highest BCUT2D eigenvalue weighted by Gasteiger charge is 2.41. The van der Waals surface area contributed by atoms with Crippen LogP contribution in [0.3, 0.4) is 0 Å². The number of hydrogen-bond acceptors (Lipinski definition) is 9. The summed E-state index contributed by atoms with van der Waals surface area (Å²) in [4.78, 5) is 50.8. The Hall–Kier alpha value is -3.16. The van der Waals surface area contributed by atoms with Crippen molar-refractivity contribution in [2.75, 3.05) is 52.3 Å². The monoisotopic (exact) mass is 603 g/mol. The van der Waals surface area contributed by atoms with E-state index in [1.54, 1.807) is 27.9 Å². The maximum absolute atomic E-state index is 14.0. The predicted octanol–water partition coefficient (Wildman–Crippen LogP) is 4.42. The number of alkyl halides is 3. The molecule has 0 aliphatic carbocycles. The van der Waals surface area contributed by atoms with Crippen LogP contribution < -0.4 is 5.32 Å². The number of methoxy groups -OCH3 is 2. The van der Waals surface area contributed by atoms with Crippen LogP contribution in [0.2, 0.25) is 0 Å². The Morgan fingerprint density at radius 2 is 1.76 bits per heavy atom. The number of anilines is 1. The zero-order valence-electron chi connectivity index (χ0n) is 25.8. The van der Waals surface area contributed by atoms with Gasteiger partial charge in [-0.05, 0) is 33.6 Å². The highest BCUT2D eigenvalue weighted by Crippen LogP contribution is 2.29. The summed E-state index contributed by atoms with van der Waals surface area (Å²) in [6.07, 6.45) is -4.71. The van der Waals surface area contributed by atoms with Gasteiger partial charge in [-0.2, -0.15) is 13.2 Å². The first-order valence-corrected chi connectivity index (χ1v) is 13.9. The minimum Gasteiger partial charge on any atom is -0.469 e. The quantitative estimate of drug-likeness (QED) is 0.306. The zero-order valence-corrected chi connectivity index (χ0v) is 25.8. The van der Waals surface area contributed by atoms with Gasteiger partial charge in [0.25, 0.3) is 5.91 Å². The maximum atomic E-state index is 14.0. The van der Waals surface area contributed by atoms with Gasteiger partial charge < -0.3 is 29.3 Å². The molecule has 1 saturated heterocycles. The van der Waals surface area contributed by atoms with E-state index in [4.69, 9.17) is 14.2 Å². The number of esters is 1. The molecule has 0 aromatic carbocycles. The Morgan fingerprint density at radius 3 is 2.31 bits per heavy atom. The largest absolute Gasteiger partial charge is 0.469 e. The molecule has 2 amide bonds. The number of amides is 2. The van der Waals surface area contributed by atoms with E-state index in [-0.39, 0.29) is 30.9 Å². The third-order valence-corrected chi connectivity index (χ3v) is 6.46. The normalized spacial score (nSPS) is 17.9. The molecule has 2 rings (SSSR count). The van der Waals surface area contributed by atoms with E-state index in [9.17, 15) is 27.6 Å². The van der Waals surface area contributed by atoms with Crippen LogP contribution >= 0.6 is 0 Å². The Balaban J connectivity index is 2.54. The third-order valence-electron chi connectivity index (χ3n) is 6.46. The van der Waals surface area contributed by atoms with Gasteiger partial charge in [0.05, 0.1) is 25.5 Å². The zero-order chi connectivity index (χ0) is 31.9. The number of carbonyl (C=O) groups is 3. The molecule has 2 atom stereocenters. The summed E-state index contributed by atoms with van der Waals surface area (Å²) in [5, 5.41) is 3.10. The van der Waals surface area contributed by atoms with Crippen LogP contribution in [0.15, 0.2) is 6.20 Å². The molecular formula is C28H44F3N5O6. The van der Waals surface area contributed by atoms with Gasteiger partial charge in [-0.3, -0.25) is 9.59 Å². The second kappa shape index (κ2) is 14.3. The molecule has 1 N–H and O–H groups in total. The van der Waals surface area contributed by atoms with Crippen molar-refractivity contribution in [3.8, 4) is 0 Å². The first kappa shape index (κ1) is 35.0. The molecule has 1 aromatic heterocycles. The number of carbonyl (C=O) groups excluding carboxylic acids is 3. The van der Waals surface area contributed by atoms with Gasteiger partial charge in [0.15, 0.2) is 0 Å². The number of piperidine rings is 1. The van der Waals surface area contributed by atoms with Gasteiger partial charge in [-0.1, -0.05) is 20.8 Å². The van der Waals surface area contributed by atoms with Crippen molar-refractivity contribution in [1.29, 1.82) is 0 Å². The van der Waals surface area contributed by atoms with Crippen LogP contribution in [-0.2, 0) is 24.4 Å². The van der Waals surface area contributed by atoms with Gasteiger partial charge in [-0.25, -0.2) is 14.8 Å². The molecule has 0 saturated carbocycles. The molecule has 0 spiro atoms. The molecule has 1 aliphatic heterocycles. The molecule has 1 aliphatic rings. The number of ether oxygens (including phenoxy) is 3. The van der Waals surface area contributed by atoms with E-state index in [0.29, 0.717) is 25.4 Å². The lowest BCUT2D eigenvalue weighted by molar-refractivity contribution is -0.149. The number of halogens is 3. The number of nitrogens with one attached hydrogen (secondary N) is 1. The molecule has 42 heavy (non-hydrogen) atoms. The highest BCUT2D eigenvalue weighted by atomic mass is 19.4. The standard InChI is InChI=1S/C28H44F3N5O6/c1-26(2,3)24-33-15-20(21(34-24)32-11-9-13-40-7)22(37)36(12-10-28(29,30)31)19-14-18(23(38)41-8)16-35(17-19)25(39)42-27(4,5)6/h15,18-19H,9-14,16-17H2,1-8H3,(H,32,33,34)/t18-,19+/m1/s1. The lowest BCUT2D eigenvalue weighted by Crippen LogP contribution is -2.56. The molecule has 2 heterocycles. The molecule has 11 nitrogen and oxygen atoms in total. The highest BCUT2D eigenvalue weighted by molar-refractivity contribution is 5.98. The average Bonchev–Trinajstić information content (AvgIpc) is 2.88. The fourth-order valence-electron chi connectivity index (χ4n) is 4.42. The molecule has 1 aromatic rings. The van der Waals surface area contributed by atoms with E-state index in [0.717, 1.165) is 4.90 Å². The minimum absolute atomic E-state index is 0.00684. The van der Waals surface area contributed by atoms with E-state index in [1.165, 1.54) is 18.2 Å². The third kappa shape index (κ3) is 10.6. The number of hydrogen-bond donors (Lipinski definition) is 1. The van der Waals surface area contributed by atoms with Crippen LogP contribution in [0.1, 0.15) is 77.0 Å². The van der Waals surface area contributed by atoms with Crippen LogP contribution in [0.25, 0.3) is 0 Å². The van der Waals surface area contributed by atoms with Crippen LogP contribution in [0.5, 0.6) is 0 Å². The number of aromatic nitrogens is 2. The lowest BCUT2D eigenvalue weighted by atomic mass is 9.92. The first-order valence-electron chi connectivity index (χ1n) is 13.9. The molecule has 1 fully saturated rings. The van der Waals surface area contributed by atoms with Crippen molar-refractivity contribution < 1.29 is 41.8 Å². The summed E-state index contributed by atoms with van der Waals surface area (Å²) in [7, 11) is 2.74. The van der Waals surface area contributed by atoms with E-state index in [1.807, 2.05) is 20.8 Å². The van der Waals surface area contributed by atoms with Crippen molar-refractivity contribution in [3.05, 3.63) is 17.6 Å². The minimum atomic E-state index is -4.56. The van der Waals surface area contributed by atoms with Crippen molar-refractivity contribution in [2.45, 2.75) is 84.0 Å². The first-order chi connectivity index (χ1) is 19.4. The number of nitrogens with zero attached hydrogens (tertiary/aromatic N) is 4. The summed E-state index contributed by atoms with van der Waals surface area (Å²) in [5.74, 6) is -1.66. The maximum Gasteiger partial charge on any atom is 0.410 e. The average molecular weight is 604 g/mol. The van der Waals surface area contributed by atoms with E-state index >= 15 is 0 Å². The van der Waals surface area contributed by atoms with Gasteiger partial charge in [0.1, 0.15) is 22.8 Å². The molecule has 0 unspecified atom stereocenters. The van der Waals surface area contributed by atoms with E-state index < -0.39 is 60.1 Å². The van der Waals surface area contributed by atoms with Crippen LogP contribution in [0.4, 0.5) is 23.8 Å². The SMILES string of the molecule is COCCCNc1nc(C(C)(C)C)ncc1C(=O)N(CCC(F)(F)F)[C@H]1C[C@@H](C(=O)OC)CN(C(=O)OC(C)(C)C)C1. The van der Waals surface area contributed by atoms with Crippen molar-refractivity contribution in [3.63, 3.8) is 0 Å². The predicted molar refractivity (Wildman–Crippen MR) is 149 cm³/mol. The fourth-order valence-corrected chi connectivity index (χ4v) is 4.42. The molecule has 238 valence electrons. The Morgan fingerprint density at radius 1 is 1.10 bits per heavy atom. The van der Waals surface area contributed by atoms with Crippen molar-refractivity contribution in [2.24, 2.45) is 5.92 Å². The molecule has 0 bridgehead atoms. The summed E-state index contributed by atoms with van der Waals surface area (Å²) in [6, 6.07) is -0.950. The molecule has 14 heteroatoms. The van der Waals surface area contributed by atoms with Crippen molar-refractivity contribution >= 4 is 23.8 Å². The Labute approximate surface area is 245 Å². The Bertz CT molecular complexity index is 1090. The topological polar surface area (TPSA) is 123 Å². The van der Waals surface area contributed by atoms with Crippen LogP contribution in [-0.4, -0.2) is 103 Å². The second-order valence-electron chi connectivity index (χ2n) is 12.3. The van der Waals surface area contributed by atoms with Gasteiger partial charge >= 0.3 is 18.2 Å². The number of likely N-dealkylation sites (tertiary alicyclic amines) is 1. The summed E-state index contributed by atoms with van der Waals surface area (Å²) in [5.41, 5.74) is -1.34. The van der Waals surface area contributed by atoms with Crippen molar-refractivity contribution in [1.82, 2.24) is 19.8 Å². The van der Waals surface area contributed by atoms with E-state index in [2.05, 4.69) is 15.3 Å². The molecular weight excluding hydrogens is 559 g/mol.